The number of phenols is 1. The van der Waals surface area contributed by atoms with Gasteiger partial charge in [0.25, 0.3) is 11.5 Å². The first kappa shape index (κ1) is 21.0. The van der Waals surface area contributed by atoms with Crippen LogP contribution in [0.2, 0.25) is 0 Å². The van der Waals surface area contributed by atoms with Gasteiger partial charge in [-0.05, 0) is 61.4 Å². The zero-order chi connectivity index (χ0) is 22.1. The Bertz CT molecular complexity index is 1230. The predicted molar refractivity (Wildman–Crippen MR) is 120 cm³/mol. The fraction of sp³-hybridized carbons (Fsp3) is 0.364. The molecule has 0 radical (unpaired) electrons. The van der Waals surface area contributed by atoms with Crippen LogP contribution in [0.3, 0.4) is 0 Å². The first-order chi connectivity index (χ1) is 14.9. The largest absolute Gasteiger partial charge is 0.504 e. The number of rotatable bonds is 5. The summed E-state index contributed by atoms with van der Waals surface area (Å²) in [6.07, 6.45) is 5.78. The quantitative estimate of drug-likeness (QED) is 0.469. The van der Waals surface area contributed by atoms with E-state index in [0.717, 1.165) is 29.7 Å². The molecule has 0 spiro atoms. The molecule has 3 aromatic rings. The molecule has 0 saturated carbocycles. The van der Waals surface area contributed by atoms with Crippen molar-refractivity contribution in [3.63, 3.8) is 0 Å². The van der Waals surface area contributed by atoms with Gasteiger partial charge in [-0.1, -0.05) is 6.92 Å². The van der Waals surface area contributed by atoms with Crippen molar-refractivity contribution < 1.29 is 14.6 Å². The zero-order valence-electron chi connectivity index (χ0n) is 17.6. The maximum Gasteiger partial charge on any atom is 0.263 e. The molecule has 1 aliphatic carbocycles. The fourth-order valence-corrected chi connectivity index (χ4v) is 5.13. The van der Waals surface area contributed by atoms with Crippen molar-refractivity contribution in [2.24, 2.45) is 11.0 Å². The SMILES string of the molecule is COc1cc(C=NNC(=O)[C@@H](C)n2cnc3sc4c(c3c2=O)CC[C@H](C)C4)ccc1O. The van der Waals surface area contributed by atoms with Crippen molar-refractivity contribution in [3.8, 4) is 11.5 Å². The third kappa shape index (κ3) is 4.05. The predicted octanol–water partition coefficient (Wildman–Crippen LogP) is 3.01. The first-order valence-electron chi connectivity index (χ1n) is 10.1. The Morgan fingerprint density at radius 3 is 3.06 bits per heavy atom. The lowest BCUT2D eigenvalue weighted by Gasteiger charge is -2.18. The molecule has 1 amide bonds. The van der Waals surface area contributed by atoms with Gasteiger partial charge in [-0.3, -0.25) is 14.2 Å². The van der Waals surface area contributed by atoms with Gasteiger partial charge >= 0.3 is 0 Å². The van der Waals surface area contributed by atoms with Crippen molar-refractivity contribution >= 4 is 33.7 Å². The minimum atomic E-state index is -0.769. The van der Waals surface area contributed by atoms with E-state index >= 15 is 0 Å². The Morgan fingerprint density at radius 1 is 1.48 bits per heavy atom. The van der Waals surface area contributed by atoms with Gasteiger partial charge in [-0.15, -0.1) is 11.3 Å². The monoisotopic (exact) mass is 440 g/mol. The standard InChI is InChI=1S/C22H24N4O4S/c1-12-4-6-15-18(8-12)31-21-19(15)22(29)26(11-23-21)13(2)20(28)25-24-10-14-5-7-16(27)17(9-14)30-3/h5,7,9-13,27H,4,6,8H2,1-3H3,(H,25,28)/t12-,13+/m0/s1. The van der Waals surface area contributed by atoms with Crippen LogP contribution in [0.15, 0.2) is 34.4 Å². The summed E-state index contributed by atoms with van der Waals surface area (Å²) < 4.78 is 6.42. The summed E-state index contributed by atoms with van der Waals surface area (Å²) in [6, 6.07) is 3.94. The smallest absolute Gasteiger partial charge is 0.263 e. The Morgan fingerprint density at radius 2 is 2.29 bits per heavy atom. The molecule has 0 bridgehead atoms. The molecule has 2 aromatic heterocycles. The molecule has 162 valence electrons. The van der Waals surface area contributed by atoms with Crippen molar-refractivity contribution in [2.75, 3.05) is 7.11 Å². The minimum Gasteiger partial charge on any atom is -0.504 e. The molecule has 31 heavy (non-hydrogen) atoms. The van der Waals surface area contributed by atoms with Gasteiger partial charge in [-0.2, -0.15) is 5.10 Å². The van der Waals surface area contributed by atoms with Crippen LogP contribution in [0.1, 0.15) is 42.3 Å². The van der Waals surface area contributed by atoms with Gasteiger partial charge in [0, 0.05) is 4.88 Å². The van der Waals surface area contributed by atoms with E-state index in [1.54, 1.807) is 30.4 Å². The highest BCUT2D eigenvalue weighted by atomic mass is 32.1. The van der Waals surface area contributed by atoms with E-state index in [1.165, 1.54) is 35.2 Å². The lowest BCUT2D eigenvalue weighted by molar-refractivity contribution is -0.123. The van der Waals surface area contributed by atoms with E-state index in [9.17, 15) is 14.7 Å². The van der Waals surface area contributed by atoms with E-state index < -0.39 is 11.9 Å². The number of benzene rings is 1. The highest BCUT2D eigenvalue weighted by Crippen LogP contribution is 2.35. The number of hydrogen-bond donors (Lipinski definition) is 2. The molecule has 2 heterocycles. The Kier molecular flexibility index (Phi) is 5.77. The van der Waals surface area contributed by atoms with Crippen LogP contribution >= 0.6 is 11.3 Å². The Labute approximate surface area is 183 Å². The lowest BCUT2D eigenvalue weighted by atomic mass is 9.89. The fourth-order valence-electron chi connectivity index (χ4n) is 3.78. The molecule has 0 aliphatic heterocycles. The van der Waals surface area contributed by atoms with E-state index in [1.807, 2.05) is 0 Å². The number of carbonyl (C=O) groups excluding carboxylic acids is 1. The van der Waals surface area contributed by atoms with Crippen LogP contribution in [-0.2, 0) is 17.6 Å². The van der Waals surface area contributed by atoms with Crippen LogP contribution in [-0.4, -0.2) is 33.9 Å². The number of nitrogens with one attached hydrogen (secondary N) is 1. The molecular weight excluding hydrogens is 416 g/mol. The Hall–Kier alpha value is -3.20. The summed E-state index contributed by atoms with van der Waals surface area (Å²) in [5.74, 6) is 0.509. The molecule has 1 aromatic carbocycles. The Balaban J connectivity index is 1.54. The number of hydrazone groups is 1. The molecule has 0 fully saturated rings. The second kappa shape index (κ2) is 8.50. The summed E-state index contributed by atoms with van der Waals surface area (Å²) in [6.45, 7) is 3.87. The van der Waals surface area contributed by atoms with E-state index in [2.05, 4.69) is 22.4 Å². The lowest BCUT2D eigenvalue weighted by Crippen LogP contribution is -2.34. The van der Waals surface area contributed by atoms with Gasteiger partial charge in [0.2, 0.25) is 0 Å². The number of hydrogen-bond acceptors (Lipinski definition) is 7. The van der Waals surface area contributed by atoms with Crippen LogP contribution in [0.25, 0.3) is 10.2 Å². The number of nitrogens with zero attached hydrogens (tertiary/aromatic N) is 3. The minimum absolute atomic E-state index is 0.0182. The van der Waals surface area contributed by atoms with Gasteiger partial charge in [0.15, 0.2) is 11.5 Å². The number of aromatic nitrogens is 2. The second-order valence-corrected chi connectivity index (χ2v) is 8.91. The summed E-state index contributed by atoms with van der Waals surface area (Å²) in [5, 5.41) is 14.2. The molecule has 2 atom stereocenters. The number of aromatic hydroxyl groups is 1. The average Bonchev–Trinajstić information content (AvgIpc) is 3.12. The molecule has 9 heteroatoms. The van der Waals surface area contributed by atoms with Crippen LogP contribution in [0, 0.1) is 5.92 Å². The third-order valence-electron chi connectivity index (χ3n) is 5.63. The molecule has 0 unspecified atom stereocenters. The number of fused-ring (bicyclic) bond motifs is 3. The summed E-state index contributed by atoms with van der Waals surface area (Å²) in [7, 11) is 1.45. The number of aryl methyl sites for hydroxylation is 1. The number of thiophene rings is 1. The van der Waals surface area contributed by atoms with E-state index in [-0.39, 0.29) is 11.3 Å². The van der Waals surface area contributed by atoms with Crippen LogP contribution in [0.4, 0.5) is 0 Å². The number of phenolic OH excluding ortho intramolecular Hbond substituents is 1. The first-order valence-corrected chi connectivity index (χ1v) is 10.9. The van der Waals surface area contributed by atoms with Gasteiger partial charge in [-0.25, -0.2) is 10.4 Å². The normalized spacial score (nSPS) is 16.9. The summed E-state index contributed by atoms with van der Waals surface area (Å²) >= 11 is 1.59. The average molecular weight is 441 g/mol. The van der Waals surface area contributed by atoms with Crippen molar-refractivity contribution in [1.29, 1.82) is 0 Å². The van der Waals surface area contributed by atoms with E-state index in [0.29, 0.717) is 22.6 Å². The molecular formula is C22H24N4O4S. The molecule has 0 saturated heterocycles. The molecule has 1 aliphatic rings. The van der Waals surface area contributed by atoms with Crippen molar-refractivity contribution in [2.45, 2.75) is 39.2 Å². The zero-order valence-corrected chi connectivity index (χ0v) is 18.4. The van der Waals surface area contributed by atoms with Crippen LogP contribution < -0.4 is 15.7 Å². The van der Waals surface area contributed by atoms with Gasteiger partial charge < -0.3 is 9.84 Å². The molecule has 4 rings (SSSR count). The molecule has 8 nitrogen and oxygen atoms in total. The van der Waals surface area contributed by atoms with Gasteiger partial charge in [0.05, 0.1) is 25.0 Å². The third-order valence-corrected chi connectivity index (χ3v) is 6.79. The number of carbonyl (C=O) groups is 1. The summed E-state index contributed by atoms with van der Waals surface area (Å²) in [4.78, 5) is 32.2. The molecule has 2 N–H and O–H groups in total. The number of ether oxygens (including phenoxy) is 1. The van der Waals surface area contributed by atoms with Gasteiger partial charge in [0.1, 0.15) is 10.9 Å². The summed E-state index contributed by atoms with van der Waals surface area (Å²) in [5.41, 5.74) is 4.01. The number of methoxy groups -OCH3 is 1. The topological polar surface area (TPSA) is 106 Å². The maximum absolute atomic E-state index is 13.2. The highest BCUT2D eigenvalue weighted by molar-refractivity contribution is 7.18. The maximum atomic E-state index is 13.2. The van der Waals surface area contributed by atoms with E-state index in [4.69, 9.17) is 4.74 Å². The number of amides is 1. The van der Waals surface area contributed by atoms with Crippen molar-refractivity contribution in [1.82, 2.24) is 15.0 Å². The van der Waals surface area contributed by atoms with Crippen LogP contribution in [0.5, 0.6) is 11.5 Å². The van der Waals surface area contributed by atoms with Crippen molar-refractivity contribution in [3.05, 3.63) is 50.9 Å². The second-order valence-electron chi connectivity index (χ2n) is 7.83. The highest BCUT2D eigenvalue weighted by Gasteiger charge is 2.25.